The van der Waals surface area contributed by atoms with Crippen LogP contribution < -0.4 is 4.90 Å². The largest absolute Gasteiger partial charge is 0.456 e. The Morgan fingerprint density at radius 3 is 1.57 bits per heavy atom. The molecule has 11 aromatic rings. The lowest BCUT2D eigenvalue weighted by Gasteiger charge is -2.31. The van der Waals surface area contributed by atoms with Crippen molar-refractivity contribution in [3.63, 3.8) is 0 Å². The molecule has 13 rings (SSSR count). The average molecular weight is 776 g/mol. The summed E-state index contributed by atoms with van der Waals surface area (Å²) in [7, 11) is 0. The van der Waals surface area contributed by atoms with Gasteiger partial charge in [0.2, 0.25) is 0 Å². The fourth-order valence-electron chi connectivity index (χ4n) is 10.7. The second-order valence-electron chi connectivity index (χ2n) is 16.4. The number of fused-ring (bicyclic) bond motifs is 14. The molecule has 61 heavy (non-hydrogen) atoms. The number of anilines is 3. The van der Waals surface area contributed by atoms with E-state index in [4.69, 9.17) is 4.42 Å². The highest BCUT2D eigenvalue weighted by atomic mass is 16.3. The Morgan fingerprint density at radius 1 is 0.311 bits per heavy atom. The minimum Gasteiger partial charge on any atom is -0.456 e. The van der Waals surface area contributed by atoms with Gasteiger partial charge in [0.1, 0.15) is 11.2 Å². The first-order valence-corrected chi connectivity index (χ1v) is 21.1. The third-order valence-corrected chi connectivity index (χ3v) is 13.3. The second kappa shape index (κ2) is 13.0. The zero-order valence-electron chi connectivity index (χ0n) is 33.2. The molecule has 2 heteroatoms. The molecule has 0 fully saturated rings. The van der Waals surface area contributed by atoms with Gasteiger partial charge in [-0.05, 0) is 115 Å². The fourth-order valence-corrected chi connectivity index (χ4v) is 10.7. The number of hydrogen-bond donors (Lipinski definition) is 0. The van der Waals surface area contributed by atoms with Crippen LogP contribution in [-0.2, 0) is 5.41 Å². The number of para-hydroxylation sites is 2. The highest BCUT2D eigenvalue weighted by Gasteiger charge is 2.51. The summed E-state index contributed by atoms with van der Waals surface area (Å²) in [6.07, 6.45) is 0. The summed E-state index contributed by atoms with van der Waals surface area (Å²) in [5, 5.41) is 4.65. The highest BCUT2D eigenvalue weighted by Crippen LogP contribution is 2.63. The first kappa shape index (κ1) is 34.0. The molecule has 0 bridgehead atoms. The maximum absolute atomic E-state index is 6.39. The SMILES string of the molecule is c1ccc(N(c2ccc(-c3ccc4c(c3)C3(c5ccccc5-c5ccccc53)c3ccccc3-4)cc2)c2cccc3ccccc23)c(-c2ccc3c(c2)oc2ccccc23)c1. The number of rotatable bonds is 5. The van der Waals surface area contributed by atoms with Crippen LogP contribution in [0.4, 0.5) is 17.1 Å². The molecule has 1 aromatic heterocycles. The van der Waals surface area contributed by atoms with Crippen molar-refractivity contribution in [1.29, 1.82) is 0 Å². The molecule has 0 radical (unpaired) electrons. The van der Waals surface area contributed by atoms with E-state index in [-0.39, 0.29) is 5.41 Å². The fraction of sp³-hybridized carbons (Fsp3) is 0.0169. The quantitative estimate of drug-likeness (QED) is 0.173. The van der Waals surface area contributed by atoms with Crippen LogP contribution in [0.25, 0.3) is 77.2 Å². The third-order valence-electron chi connectivity index (χ3n) is 13.3. The van der Waals surface area contributed by atoms with Gasteiger partial charge in [-0.2, -0.15) is 0 Å². The summed E-state index contributed by atoms with van der Waals surface area (Å²) < 4.78 is 6.39. The van der Waals surface area contributed by atoms with E-state index < -0.39 is 0 Å². The van der Waals surface area contributed by atoms with Gasteiger partial charge in [0.15, 0.2) is 0 Å². The summed E-state index contributed by atoms with van der Waals surface area (Å²) in [5.41, 5.74) is 20.0. The topological polar surface area (TPSA) is 16.4 Å². The molecule has 284 valence electrons. The predicted octanol–water partition coefficient (Wildman–Crippen LogP) is 15.9. The van der Waals surface area contributed by atoms with E-state index in [1.54, 1.807) is 0 Å². The maximum Gasteiger partial charge on any atom is 0.136 e. The maximum atomic E-state index is 6.39. The zero-order valence-corrected chi connectivity index (χ0v) is 33.2. The van der Waals surface area contributed by atoms with E-state index >= 15 is 0 Å². The van der Waals surface area contributed by atoms with Crippen molar-refractivity contribution >= 4 is 49.8 Å². The molecule has 1 heterocycles. The number of hydrogen-bond acceptors (Lipinski definition) is 2. The van der Waals surface area contributed by atoms with Crippen LogP contribution in [-0.4, -0.2) is 0 Å². The normalized spacial score (nSPS) is 13.0. The molecule has 10 aromatic carbocycles. The van der Waals surface area contributed by atoms with Crippen molar-refractivity contribution < 1.29 is 4.42 Å². The Bertz CT molecular complexity index is 3490. The smallest absolute Gasteiger partial charge is 0.136 e. The van der Waals surface area contributed by atoms with Crippen LogP contribution in [0.2, 0.25) is 0 Å². The summed E-state index contributed by atoms with van der Waals surface area (Å²) in [6.45, 7) is 0. The molecule has 0 aliphatic heterocycles. The van der Waals surface area contributed by atoms with E-state index in [1.807, 2.05) is 12.1 Å². The van der Waals surface area contributed by atoms with Gasteiger partial charge < -0.3 is 9.32 Å². The average Bonchev–Trinajstić information content (AvgIpc) is 3.96. The molecule has 2 aliphatic rings. The molecule has 2 aliphatic carbocycles. The van der Waals surface area contributed by atoms with Crippen molar-refractivity contribution in [3.05, 3.63) is 247 Å². The minimum atomic E-state index is -0.380. The van der Waals surface area contributed by atoms with Crippen LogP contribution in [0.5, 0.6) is 0 Å². The molecule has 2 nitrogen and oxygen atoms in total. The van der Waals surface area contributed by atoms with E-state index in [0.717, 1.165) is 50.1 Å². The van der Waals surface area contributed by atoms with Gasteiger partial charge in [-0.25, -0.2) is 0 Å². The van der Waals surface area contributed by atoms with Crippen molar-refractivity contribution in [2.45, 2.75) is 5.41 Å². The molecule has 0 atom stereocenters. The van der Waals surface area contributed by atoms with Gasteiger partial charge in [0.25, 0.3) is 0 Å². The van der Waals surface area contributed by atoms with Gasteiger partial charge in [-0.3, -0.25) is 0 Å². The Kier molecular flexibility index (Phi) is 7.26. The van der Waals surface area contributed by atoms with Crippen molar-refractivity contribution in [2.24, 2.45) is 0 Å². The molecule has 1 spiro atoms. The van der Waals surface area contributed by atoms with E-state index in [1.165, 1.54) is 66.4 Å². The molecule has 0 saturated heterocycles. The van der Waals surface area contributed by atoms with Crippen molar-refractivity contribution in [2.75, 3.05) is 4.90 Å². The van der Waals surface area contributed by atoms with Crippen LogP contribution in [0, 0.1) is 0 Å². The van der Waals surface area contributed by atoms with E-state index in [0.29, 0.717) is 0 Å². The minimum absolute atomic E-state index is 0.380. The number of benzene rings is 10. The predicted molar refractivity (Wildman–Crippen MR) is 253 cm³/mol. The summed E-state index contributed by atoms with van der Waals surface area (Å²) in [5.74, 6) is 0. The standard InChI is InChI=1S/C59H37NO/c1-2-16-43-39(14-1)15-13-26-56(43)60(55-25-11-6-17-44(55)41-31-35-50-49-21-7-12-27-57(49)61-58(50)37-41)42-32-28-38(29-33-42)40-30-34-48-47-20-5-10-24-53(47)59(54(48)36-40)51-22-8-3-18-45(51)46-19-4-9-23-52(46)59/h1-37H. The lowest BCUT2D eigenvalue weighted by molar-refractivity contribution is 0.669. The Labute approximate surface area is 354 Å². The van der Waals surface area contributed by atoms with Gasteiger partial charge >= 0.3 is 0 Å². The Morgan fingerprint density at radius 2 is 0.836 bits per heavy atom. The number of furan rings is 1. The van der Waals surface area contributed by atoms with Gasteiger partial charge in [0.05, 0.1) is 16.8 Å². The lowest BCUT2D eigenvalue weighted by atomic mass is 9.70. The summed E-state index contributed by atoms with van der Waals surface area (Å²) in [4.78, 5) is 2.42. The highest BCUT2D eigenvalue weighted by molar-refractivity contribution is 6.07. The lowest BCUT2D eigenvalue weighted by Crippen LogP contribution is -2.25. The van der Waals surface area contributed by atoms with Crippen LogP contribution in [0.15, 0.2) is 229 Å². The molecular formula is C59H37NO. The van der Waals surface area contributed by atoms with Gasteiger partial charge in [0, 0.05) is 27.4 Å². The summed E-state index contributed by atoms with van der Waals surface area (Å²) in [6, 6.07) is 82.3. The van der Waals surface area contributed by atoms with Gasteiger partial charge in [-0.15, -0.1) is 0 Å². The van der Waals surface area contributed by atoms with Crippen LogP contribution in [0.1, 0.15) is 22.3 Å². The molecule has 0 saturated carbocycles. The monoisotopic (exact) mass is 775 g/mol. The first-order valence-electron chi connectivity index (χ1n) is 21.1. The zero-order chi connectivity index (χ0) is 40.1. The van der Waals surface area contributed by atoms with Gasteiger partial charge in [-0.1, -0.05) is 176 Å². The molecule has 0 amide bonds. The molecule has 0 N–H and O–H groups in total. The van der Waals surface area contributed by atoms with Crippen LogP contribution >= 0.6 is 0 Å². The molecule has 0 unspecified atom stereocenters. The second-order valence-corrected chi connectivity index (χ2v) is 16.4. The first-order chi connectivity index (χ1) is 30.3. The van der Waals surface area contributed by atoms with E-state index in [9.17, 15) is 0 Å². The van der Waals surface area contributed by atoms with Crippen molar-refractivity contribution in [1.82, 2.24) is 0 Å². The number of nitrogens with zero attached hydrogens (tertiary/aromatic N) is 1. The Balaban J connectivity index is 0.968. The third kappa shape index (κ3) is 4.85. The Hall–Kier alpha value is -7.94. The summed E-state index contributed by atoms with van der Waals surface area (Å²) >= 11 is 0. The van der Waals surface area contributed by atoms with Crippen LogP contribution in [0.3, 0.4) is 0 Å². The van der Waals surface area contributed by atoms with Crippen molar-refractivity contribution in [3.8, 4) is 44.5 Å². The molecular weight excluding hydrogens is 739 g/mol. The van der Waals surface area contributed by atoms with E-state index in [2.05, 4.69) is 217 Å².